The Labute approximate surface area is 214 Å². The highest BCUT2D eigenvalue weighted by Crippen LogP contribution is 2.56. The molecule has 0 saturated carbocycles. The summed E-state index contributed by atoms with van der Waals surface area (Å²) in [7, 11) is 4.16. The van der Waals surface area contributed by atoms with Gasteiger partial charge in [0.15, 0.2) is 23.0 Å². The second kappa shape index (κ2) is 12.0. The number of thiol groups is 1. The first kappa shape index (κ1) is 27.1. The average molecular weight is 524 g/mol. The van der Waals surface area contributed by atoms with E-state index in [1.165, 1.54) is 27.4 Å². The molecular formula is C24H29NO10S. The van der Waals surface area contributed by atoms with E-state index in [-0.39, 0.29) is 48.8 Å². The lowest BCUT2D eigenvalue weighted by atomic mass is 9.92. The van der Waals surface area contributed by atoms with E-state index in [0.717, 1.165) is 0 Å². The second-order valence-electron chi connectivity index (χ2n) is 7.13. The first-order valence-electron chi connectivity index (χ1n) is 11.1. The van der Waals surface area contributed by atoms with Crippen molar-refractivity contribution in [2.24, 2.45) is 5.73 Å². The molecule has 0 radical (unpaired) electrons. The molecule has 0 amide bonds. The number of carbonyl (C=O) groups is 2. The number of benzene rings is 2. The van der Waals surface area contributed by atoms with Crippen LogP contribution in [0.2, 0.25) is 0 Å². The van der Waals surface area contributed by atoms with E-state index in [2.05, 4.69) is 12.6 Å². The Bertz CT molecular complexity index is 1140. The van der Waals surface area contributed by atoms with Gasteiger partial charge in [-0.15, -0.1) is 0 Å². The molecule has 0 bridgehead atoms. The smallest absolute Gasteiger partial charge is 0.338 e. The Morgan fingerprint density at radius 2 is 1.44 bits per heavy atom. The lowest BCUT2D eigenvalue weighted by molar-refractivity contribution is -0.145. The number of nitrogens with two attached hydrogens (primary N) is 1. The van der Waals surface area contributed by atoms with Crippen molar-refractivity contribution < 1.29 is 47.5 Å². The molecule has 2 N–H and O–H groups in total. The van der Waals surface area contributed by atoms with E-state index in [9.17, 15) is 9.59 Å². The van der Waals surface area contributed by atoms with Crippen molar-refractivity contribution in [2.75, 3.05) is 40.7 Å². The number of hydrogen-bond acceptors (Lipinski definition) is 12. The Balaban J connectivity index is 0.00000176. The first-order valence-corrected chi connectivity index (χ1v) is 11.7. The van der Waals surface area contributed by atoms with Crippen LogP contribution >= 0.6 is 12.6 Å². The van der Waals surface area contributed by atoms with Gasteiger partial charge in [0.05, 0.1) is 26.9 Å². The lowest BCUT2D eigenvalue weighted by Crippen LogP contribution is -2.33. The van der Waals surface area contributed by atoms with Gasteiger partial charge in [-0.1, -0.05) is 13.8 Å². The van der Waals surface area contributed by atoms with Crippen LogP contribution in [-0.2, 0) is 20.9 Å². The largest absolute Gasteiger partial charge is 0.493 e. The van der Waals surface area contributed by atoms with Crippen molar-refractivity contribution in [1.82, 2.24) is 0 Å². The molecule has 2 aliphatic heterocycles. The van der Waals surface area contributed by atoms with E-state index in [1.54, 1.807) is 6.07 Å². The van der Waals surface area contributed by atoms with Gasteiger partial charge in [0, 0.05) is 22.4 Å². The van der Waals surface area contributed by atoms with Gasteiger partial charge in [0.2, 0.25) is 25.1 Å². The number of ether oxygens (including phenoxy) is 8. The van der Waals surface area contributed by atoms with Crippen molar-refractivity contribution >= 4 is 24.6 Å². The highest BCUT2D eigenvalue weighted by atomic mass is 32.1. The molecule has 0 saturated heterocycles. The molecule has 2 heterocycles. The molecule has 11 nitrogen and oxygen atoms in total. The zero-order valence-corrected chi connectivity index (χ0v) is 21.6. The van der Waals surface area contributed by atoms with Crippen LogP contribution < -0.4 is 34.2 Å². The van der Waals surface area contributed by atoms with Crippen molar-refractivity contribution in [3.8, 4) is 45.6 Å². The van der Waals surface area contributed by atoms with Gasteiger partial charge in [0.25, 0.3) is 0 Å². The third kappa shape index (κ3) is 4.91. The van der Waals surface area contributed by atoms with E-state index in [1.807, 2.05) is 13.8 Å². The summed E-state index contributed by atoms with van der Waals surface area (Å²) in [6.07, 6.45) is 0. The number of fused-ring (bicyclic) bond motifs is 2. The summed E-state index contributed by atoms with van der Waals surface area (Å²) in [4.78, 5) is 25.1. The molecule has 36 heavy (non-hydrogen) atoms. The van der Waals surface area contributed by atoms with Gasteiger partial charge in [-0.05, 0) is 12.1 Å². The summed E-state index contributed by atoms with van der Waals surface area (Å²) < 4.78 is 44.0. The molecule has 4 rings (SSSR count). The SMILES string of the molecule is CC.COC(=O)c1cc(OC)c2c(c1-c1c(COC(=O)C(N)CS)cc(OC)c3c1OCO3)OCO2. The van der Waals surface area contributed by atoms with Crippen LogP contribution in [0.1, 0.15) is 29.8 Å². The van der Waals surface area contributed by atoms with Crippen LogP contribution in [0.15, 0.2) is 12.1 Å². The molecule has 0 aliphatic carbocycles. The third-order valence-electron chi connectivity index (χ3n) is 5.26. The zero-order chi connectivity index (χ0) is 26.4. The molecule has 2 aromatic carbocycles. The van der Waals surface area contributed by atoms with Crippen LogP contribution in [0.3, 0.4) is 0 Å². The van der Waals surface area contributed by atoms with Gasteiger partial charge >= 0.3 is 11.9 Å². The van der Waals surface area contributed by atoms with Crippen LogP contribution in [0.25, 0.3) is 11.1 Å². The summed E-state index contributed by atoms with van der Waals surface area (Å²) in [5.41, 5.74) is 6.97. The number of rotatable bonds is 8. The Morgan fingerprint density at radius 3 is 1.97 bits per heavy atom. The van der Waals surface area contributed by atoms with E-state index in [0.29, 0.717) is 33.9 Å². The van der Waals surface area contributed by atoms with E-state index < -0.39 is 18.0 Å². The fourth-order valence-electron chi connectivity index (χ4n) is 3.67. The van der Waals surface area contributed by atoms with Crippen LogP contribution in [0.5, 0.6) is 34.5 Å². The normalized spacial score (nSPS) is 13.3. The maximum atomic E-state index is 12.8. The van der Waals surface area contributed by atoms with Crippen molar-refractivity contribution in [3.63, 3.8) is 0 Å². The quantitative estimate of drug-likeness (QED) is 0.391. The molecular weight excluding hydrogens is 494 g/mol. The molecule has 196 valence electrons. The van der Waals surface area contributed by atoms with Crippen molar-refractivity contribution in [2.45, 2.75) is 26.5 Å². The molecule has 2 aliphatic rings. The topological polar surface area (TPSA) is 134 Å². The van der Waals surface area contributed by atoms with Crippen LogP contribution in [-0.4, -0.2) is 58.6 Å². The summed E-state index contributed by atoms with van der Waals surface area (Å²) in [5, 5.41) is 0. The minimum Gasteiger partial charge on any atom is -0.493 e. The fourth-order valence-corrected chi connectivity index (χ4v) is 3.82. The maximum absolute atomic E-state index is 12.8. The summed E-state index contributed by atoms with van der Waals surface area (Å²) >= 11 is 4.03. The Hall–Kier alpha value is -3.51. The zero-order valence-electron chi connectivity index (χ0n) is 20.7. The van der Waals surface area contributed by atoms with Gasteiger partial charge in [-0.3, -0.25) is 4.79 Å². The number of hydrogen-bond donors (Lipinski definition) is 2. The number of esters is 2. The molecule has 2 aromatic rings. The molecule has 0 fully saturated rings. The monoisotopic (exact) mass is 523 g/mol. The van der Waals surface area contributed by atoms with Crippen LogP contribution in [0.4, 0.5) is 0 Å². The minimum atomic E-state index is -0.907. The third-order valence-corrected chi connectivity index (χ3v) is 5.66. The molecule has 0 aromatic heterocycles. The average Bonchev–Trinajstić information content (AvgIpc) is 3.61. The minimum absolute atomic E-state index is 0.0876. The standard InChI is InChI=1S/C22H23NO10S.C2H6/c1-26-13-4-10(6-29-22(25)12(23)7-34)15(19-17(13)30-8-32-19)16-11(21(24)28-3)5-14(27-2)18-20(16)33-9-31-18;1-2/h4-5,12,34H,6-9,23H2,1-3H3;1-2H3. The summed E-state index contributed by atoms with van der Waals surface area (Å²) in [6.45, 7) is 3.60. The number of carbonyl (C=O) groups excluding carboxylic acids is 2. The van der Waals surface area contributed by atoms with E-state index >= 15 is 0 Å². The van der Waals surface area contributed by atoms with Crippen molar-refractivity contribution in [3.05, 3.63) is 23.3 Å². The van der Waals surface area contributed by atoms with Gasteiger partial charge in [-0.2, -0.15) is 12.6 Å². The van der Waals surface area contributed by atoms with Crippen molar-refractivity contribution in [1.29, 1.82) is 0 Å². The van der Waals surface area contributed by atoms with Gasteiger partial charge in [0.1, 0.15) is 12.6 Å². The predicted molar refractivity (Wildman–Crippen MR) is 132 cm³/mol. The second-order valence-corrected chi connectivity index (χ2v) is 7.50. The number of methoxy groups -OCH3 is 3. The fraction of sp³-hybridized carbons (Fsp3) is 0.417. The highest BCUT2D eigenvalue weighted by molar-refractivity contribution is 7.80. The lowest BCUT2D eigenvalue weighted by Gasteiger charge is -2.20. The maximum Gasteiger partial charge on any atom is 0.338 e. The summed E-state index contributed by atoms with van der Waals surface area (Å²) in [6, 6.07) is 2.19. The molecule has 1 unspecified atom stereocenters. The molecule has 0 spiro atoms. The Morgan fingerprint density at radius 1 is 0.917 bits per heavy atom. The Kier molecular flexibility index (Phi) is 8.99. The molecule has 12 heteroatoms. The predicted octanol–water partition coefficient (Wildman–Crippen LogP) is 2.94. The highest BCUT2D eigenvalue weighted by Gasteiger charge is 2.36. The van der Waals surface area contributed by atoms with Gasteiger partial charge < -0.3 is 43.6 Å². The molecule has 1 atom stereocenters. The van der Waals surface area contributed by atoms with Crippen LogP contribution in [0, 0.1) is 0 Å². The van der Waals surface area contributed by atoms with Gasteiger partial charge in [-0.25, -0.2) is 4.79 Å². The first-order chi connectivity index (χ1) is 17.4. The summed E-state index contributed by atoms with van der Waals surface area (Å²) in [5.74, 6) is 0.571. The van der Waals surface area contributed by atoms with E-state index in [4.69, 9.17) is 43.6 Å².